The van der Waals surface area contributed by atoms with E-state index in [1.807, 2.05) is 0 Å². The number of thiophene rings is 1. The van der Waals surface area contributed by atoms with Crippen LogP contribution in [-0.4, -0.2) is 61.3 Å². The minimum atomic E-state index is -0.442. The van der Waals surface area contributed by atoms with Crippen molar-refractivity contribution >= 4 is 45.3 Å². The molecule has 28 heavy (non-hydrogen) atoms. The van der Waals surface area contributed by atoms with E-state index in [9.17, 15) is 9.59 Å². The molecule has 2 aromatic rings. The number of anilines is 2. The second-order valence-electron chi connectivity index (χ2n) is 6.33. The number of esters is 1. The van der Waals surface area contributed by atoms with Crippen LogP contribution in [0.4, 0.5) is 16.6 Å². The second-order valence-corrected chi connectivity index (χ2v) is 7.44. The molecule has 3 heterocycles. The van der Waals surface area contributed by atoms with E-state index in [1.54, 1.807) is 18.3 Å². The van der Waals surface area contributed by atoms with Crippen LogP contribution in [0.3, 0.4) is 0 Å². The Hall–Kier alpha value is -2.46. The molecule has 0 radical (unpaired) electrons. The van der Waals surface area contributed by atoms with Gasteiger partial charge in [-0.1, -0.05) is 6.92 Å². The number of hydrogen-bond acceptors (Lipinski definition) is 8. The van der Waals surface area contributed by atoms with Crippen molar-refractivity contribution in [3.05, 3.63) is 10.9 Å². The van der Waals surface area contributed by atoms with Gasteiger partial charge >= 0.3 is 12.0 Å². The Kier molecular flexibility index (Phi) is 6.99. The van der Waals surface area contributed by atoms with Gasteiger partial charge in [0, 0.05) is 37.6 Å². The molecule has 0 unspecified atom stereocenters. The SMILES string of the molecule is CCOC(=O)CCNC(=O)Nc1nc(N2CCNCC2)c2cc(CC)sc2n1. The fraction of sp³-hybridized carbons (Fsp3) is 0.556. The van der Waals surface area contributed by atoms with Crippen molar-refractivity contribution in [2.24, 2.45) is 0 Å². The average Bonchev–Trinajstić information content (AvgIpc) is 3.11. The molecule has 1 fully saturated rings. The first-order valence-corrected chi connectivity index (χ1v) is 10.4. The quantitative estimate of drug-likeness (QED) is 0.601. The van der Waals surface area contributed by atoms with Gasteiger partial charge in [-0.15, -0.1) is 11.3 Å². The van der Waals surface area contributed by atoms with Crippen LogP contribution >= 0.6 is 11.3 Å². The molecule has 0 aliphatic carbocycles. The van der Waals surface area contributed by atoms with Gasteiger partial charge < -0.3 is 20.3 Å². The van der Waals surface area contributed by atoms with E-state index in [4.69, 9.17) is 4.74 Å². The lowest BCUT2D eigenvalue weighted by Gasteiger charge is -2.29. The number of aryl methyl sites for hydroxylation is 1. The Labute approximate surface area is 167 Å². The molecule has 9 nitrogen and oxygen atoms in total. The van der Waals surface area contributed by atoms with Crippen molar-refractivity contribution in [1.82, 2.24) is 20.6 Å². The molecule has 0 aromatic carbocycles. The third kappa shape index (κ3) is 5.08. The van der Waals surface area contributed by atoms with Gasteiger partial charge in [-0.3, -0.25) is 10.1 Å². The van der Waals surface area contributed by atoms with Gasteiger partial charge in [0.25, 0.3) is 0 Å². The highest BCUT2D eigenvalue weighted by Gasteiger charge is 2.19. The summed E-state index contributed by atoms with van der Waals surface area (Å²) in [5.41, 5.74) is 0. The molecule has 152 valence electrons. The first-order chi connectivity index (χ1) is 13.6. The van der Waals surface area contributed by atoms with Crippen LogP contribution in [-0.2, 0) is 16.0 Å². The van der Waals surface area contributed by atoms with Crippen LogP contribution < -0.4 is 20.9 Å². The Morgan fingerprint density at radius 1 is 1.29 bits per heavy atom. The largest absolute Gasteiger partial charge is 0.466 e. The normalized spacial score (nSPS) is 14.1. The van der Waals surface area contributed by atoms with Gasteiger partial charge in [-0.2, -0.15) is 4.98 Å². The Bertz CT molecular complexity index is 834. The Morgan fingerprint density at radius 3 is 2.79 bits per heavy atom. The van der Waals surface area contributed by atoms with Gasteiger partial charge in [-0.25, -0.2) is 9.78 Å². The fourth-order valence-electron chi connectivity index (χ4n) is 2.96. The molecule has 0 atom stereocenters. The molecule has 0 saturated carbocycles. The standard InChI is InChI=1S/C18H26N6O3S/c1-3-12-11-13-15(24-9-7-19-8-10-24)21-17(22-16(13)28-12)23-18(26)20-6-5-14(25)27-4-2/h11,19H,3-10H2,1-2H3,(H2,20,21,22,23,26). The number of nitrogens with one attached hydrogen (secondary N) is 3. The lowest BCUT2D eigenvalue weighted by atomic mass is 10.2. The molecule has 2 amide bonds. The van der Waals surface area contributed by atoms with E-state index < -0.39 is 6.03 Å². The number of rotatable bonds is 7. The molecule has 2 aromatic heterocycles. The topological polar surface area (TPSA) is 108 Å². The number of urea groups is 1. The van der Waals surface area contributed by atoms with Crippen LogP contribution in [0, 0.1) is 0 Å². The zero-order chi connectivity index (χ0) is 19.9. The highest BCUT2D eigenvalue weighted by molar-refractivity contribution is 7.18. The van der Waals surface area contributed by atoms with Gasteiger partial charge in [0.15, 0.2) is 0 Å². The molecule has 1 aliphatic rings. The minimum absolute atomic E-state index is 0.123. The smallest absolute Gasteiger partial charge is 0.321 e. The van der Waals surface area contributed by atoms with Crippen LogP contribution in [0.5, 0.6) is 0 Å². The summed E-state index contributed by atoms with van der Waals surface area (Å²) in [5, 5.41) is 9.68. The summed E-state index contributed by atoms with van der Waals surface area (Å²) < 4.78 is 4.84. The first-order valence-electron chi connectivity index (χ1n) is 9.57. The molecule has 0 spiro atoms. The van der Waals surface area contributed by atoms with E-state index in [0.717, 1.165) is 48.6 Å². The number of piperazine rings is 1. The highest BCUT2D eigenvalue weighted by atomic mass is 32.1. The number of carbonyl (C=O) groups is 2. The molecular formula is C18H26N6O3S. The lowest BCUT2D eigenvalue weighted by molar-refractivity contribution is -0.142. The molecule has 1 saturated heterocycles. The molecular weight excluding hydrogens is 380 g/mol. The predicted octanol–water partition coefficient (Wildman–Crippen LogP) is 1.74. The monoisotopic (exact) mass is 406 g/mol. The third-order valence-electron chi connectivity index (χ3n) is 4.33. The summed E-state index contributed by atoms with van der Waals surface area (Å²) in [6.45, 7) is 7.88. The number of hydrogen-bond donors (Lipinski definition) is 3. The molecule has 3 rings (SSSR count). The van der Waals surface area contributed by atoms with Gasteiger partial charge in [0.2, 0.25) is 5.95 Å². The summed E-state index contributed by atoms with van der Waals surface area (Å²) >= 11 is 1.62. The third-order valence-corrected chi connectivity index (χ3v) is 5.51. The fourth-order valence-corrected chi connectivity index (χ4v) is 3.92. The van der Waals surface area contributed by atoms with E-state index >= 15 is 0 Å². The molecule has 3 N–H and O–H groups in total. The zero-order valence-corrected chi connectivity index (χ0v) is 17.0. The van der Waals surface area contributed by atoms with Gasteiger partial charge in [0.05, 0.1) is 18.4 Å². The second kappa shape index (κ2) is 9.65. The van der Waals surface area contributed by atoms with Crippen molar-refractivity contribution < 1.29 is 14.3 Å². The molecule has 0 bridgehead atoms. The number of fused-ring (bicyclic) bond motifs is 1. The summed E-state index contributed by atoms with van der Waals surface area (Å²) in [5.74, 6) is 0.774. The highest BCUT2D eigenvalue weighted by Crippen LogP contribution is 2.32. The maximum atomic E-state index is 12.2. The van der Waals surface area contributed by atoms with E-state index in [2.05, 4.69) is 43.8 Å². The van der Waals surface area contributed by atoms with Crippen LogP contribution in [0.25, 0.3) is 10.2 Å². The van der Waals surface area contributed by atoms with Gasteiger partial charge in [-0.05, 0) is 19.4 Å². The van der Waals surface area contributed by atoms with E-state index in [1.165, 1.54) is 4.88 Å². The van der Waals surface area contributed by atoms with Crippen molar-refractivity contribution in [2.45, 2.75) is 26.7 Å². The first kappa shape index (κ1) is 20.3. The lowest BCUT2D eigenvalue weighted by Crippen LogP contribution is -2.44. The number of nitrogens with zero attached hydrogens (tertiary/aromatic N) is 3. The maximum Gasteiger partial charge on any atom is 0.321 e. The Morgan fingerprint density at radius 2 is 2.07 bits per heavy atom. The van der Waals surface area contributed by atoms with Crippen LogP contribution in [0.1, 0.15) is 25.1 Å². The van der Waals surface area contributed by atoms with E-state index in [-0.39, 0.29) is 24.9 Å². The van der Waals surface area contributed by atoms with Crippen LogP contribution in [0.15, 0.2) is 6.07 Å². The number of aromatic nitrogens is 2. The molecule has 1 aliphatic heterocycles. The van der Waals surface area contributed by atoms with Crippen molar-refractivity contribution in [2.75, 3.05) is 49.5 Å². The number of amides is 2. The maximum absolute atomic E-state index is 12.2. The van der Waals surface area contributed by atoms with Gasteiger partial charge in [0.1, 0.15) is 10.6 Å². The zero-order valence-electron chi connectivity index (χ0n) is 16.2. The molecule has 10 heteroatoms. The van der Waals surface area contributed by atoms with Crippen LogP contribution in [0.2, 0.25) is 0 Å². The van der Waals surface area contributed by atoms with Crippen molar-refractivity contribution in [3.63, 3.8) is 0 Å². The summed E-state index contributed by atoms with van der Waals surface area (Å²) in [4.78, 5) is 37.0. The summed E-state index contributed by atoms with van der Waals surface area (Å²) in [6.07, 6.45) is 1.05. The van der Waals surface area contributed by atoms with Crippen molar-refractivity contribution in [1.29, 1.82) is 0 Å². The average molecular weight is 407 g/mol. The van der Waals surface area contributed by atoms with E-state index in [0.29, 0.717) is 6.61 Å². The summed E-state index contributed by atoms with van der Waals surface area (Å²) in [7, 11) is 0. The number of carbonyl (C=O) groups excluding carboxylic acids is 2. The predicted molar refractivity (Wildman–Crippen MR) is 110 cm³/mol. The van der Waals surface area contributed by atoms with Crippen molar-refractivity contribution in [3.8, 4) is 0 Å². The minimum Gasteiger partial charge on any atom is -0.466 e. The summed E-state index contributed by atoms with van der Waals surface area (Å²) in [6, 6.07) is 1.70. The number of ether oxygens (including phenoxy) is 1. The Balaban J connectivity index is 1.73.